The molecule has 2 fully saturated rings. The molecule has 0 amide bonds. The molecule has 1 N–H and O–H groups in total. The number of aliphatic hydroxyl groups is 1. The predicted molar refractivity (Wildman–Crippen MR) is 96.5 cm³/mol. The van der Waals surface area contributed by atoms with Gasteiger partial charge < -0.3 is 9.63 Å². The van der Waals surface area contributed by atoms with Gasteiger partial charge in [0.15, 0.2) is 5.82 Å². The van der Waals surface area contributed by atoms with Gasteiger partial charge >= 0.3 is 0 Å². The SMILES string of the molecule is O[C@@H]1CN(Cc2nc(C3CC3)no2)C[C@H]1Cc1ccnc2ccccc12. The molecule has 0 unspecified atom stereocenters. The molecule has 1 saturated carbocycles. The first-order valence-electron chi connectivity index (χ1n) is 9.32. The van der Waals surface area contributed by atoms with Crippen molar-refractivity contribution in [3.63, 3.8) is 0 Å². The molecule has 2 atom stereocenters. The van der Waals surface area contributed by atoms with Gasteiger partial charge in [-0.1, -0.05) is 23.4 Å². The first kappa shape index (κ1) is 15.9. The molecule has 5 rings (SSSR count). The van der Waals surface area contributed by atoms with Gasteiger partial charge in [-0.3, -0.25) is 9.88 Å². The smallest absolute Gasteiger partial charge is 0.240 e. The van der Waals surface area contributed by atoms with Crippen molar-refractivity contribution in [1.82, 2.24) is 20.0 Å². The van der Waals surface area contributed by atoms with Gasteiger partial charge in [0.25, 0.3) is 0 Å². The maximum absolute atomic E-state index is 10.6. The van der Waals surface area contributed by atoms with Crippen LogP contribution in [-0.2, 0) is 13.0 Å². The van der Waals surface area contributed by atoms with E-state index in [1.807, 2.05) is 24.4 Å². The Hall–Kier alpha value is -2.31. The Labute approximate surface area is 151 Å². The van der Waals surface area contributed by atoms with Gasteiger partial charge in [0, 0.05) is 36.5 Å². The topological polar surface area (TPSA) is 75.3 Å². The van der Waals surface area contributed by atoms with Crippen molar-refractivity contribution in [2.75, 3.05) is 13.1 Å². The average Bonchev–Trinajstić information content (AvgIpc) is 3.31. The minimum absolute atomic E-state index is 0.201. The molecule has 0 bridgehead atoms. The molecule has 134 valence electrons. The quantitative estimate of drug-likeness (QED) is 0.762. The van der Waals surface area contributed by atoms with Crippen LogP contribution in [0.25, 0.3) is 10.9 Å². The van der Waals surface area contributed by atoms with Crippen LogP contribution in [0.3, 0.4) is 0 Å². The minimum atomic E-state index is -0.340. The van der Waals surface area contributed by atoms with Crippen LogP contribution >= 0.6 is 0 Å². The Kier molecular flexibility index (Phi) is 3.94. The van der Waals surface area contributed by atoms with Crippen molar-refractivity contribution < 1.29 is 9.63 Å². The van der Waals surface area contributed by atoms with E-state index in [-0.39, 0.29) is 12.0 Å². The zero-order chi connectivity index (χ0) is 17.5. The van der Waals surface area contributed by atoms with Crippen molar-refractivity contribution in [3.05, 3.63) is 53.8 Å². The van der Waals surface area contributed by atoms with Gasteiger partial charge in [0.05, 0.1) is 18.2 Å². The second-order valence-electron chi connectivity index (χ2n) is 7.53. The Balaban J connectivity index is 1.28. The number of para-hydroxylation sites is 1. The lowest BCUT2D eigenvalue weighted by atomic mass is 9.94. The predicted octanol–water partition coefficient (Wildman–Crippen LogP) is 2.53. The molecule has 3 aromatic rings. The lowest BCUT2D eigenvalue weighted by molar-refractivity contribution is 0.139. The summed E-state index contributed by atoms with van der Waals surface area (Å²) in [5.74, 6) is 2.21. The van der Waals surface area contributed by atoms with Crippen molar-refractivity contribution in [2.45, 2.75) is 37.8 Å². The molecule has 3 heterocycles. The number of fused-ring (bicyclic) bond motifs is 1. The normalized spacial score (nSPS) is 23.7. The Morgan fingerprint density at radius 2 is 2.04 bits per heavy atom. The van der Waals surface area contributed by atoms with E-state index in [4.69, 9.17) is 4.52 Å². The molecule has 0 spiro atoms. The Bertz CT molecular complexity index is 916. The maximum atomic E-state index is 10.6. The number of hydrogen-bond acceptors (Lipinski definition) is 6. The summed E-state index contributed by atoms with van der Waals surface area (Å²) in [7, 11) is 0. The van der Waals surface area contributed by atoms with Crippen molar-refractivity contribution in [2.24, 2.45) is 5.92 Å². The number of likely N-dealkylation sites (tertiary alicyclic amines) is 1. The standard InChI is InChI=1S/C20H22N4O2/c25-18-11-24(12-19-22-20(23-26-19)13-5-6-13)10-15(18)9-14-7-8-21-17-4-2-1-3-16(14)17/h1-4,7-8,13,15,18,25H,5-6,9-12H2/t15-,18-/m1/s1. The first-order valence-corrected chi connectivity index (χ1v) is 9.32. The first-order chi connectivity index (χ1) is 12.8. The molecule has 1 aliphatic carbocycles. The minimum Gasteiger partial charge on any atom is -0.391 e. The van der Waals surface area contributed by atoms with Crippen LogP contribution in [-0.4, -0.2) is 44.3 Å². The molecule has 2 aromatic heterocycles. The van der Waals surface area contributed by atoms with E-state index >= 15 is 0 Å². The molecular formula is C20H22N4O2. The van der Waals surface area contributed by atoms with Crippen LogP contribution in [0.1, 0.15) is 36.0 Å². The van der Waals surface area contributed by atoms with Gasteiger partial charge in [0.2, 0.25) is 5.89 Å². The van der Waals surface area contributed by atoms with Crippen LogP contribution < -0.4 is 0 Å². The maximum Gasteiger partial charge on any atom is 0.240 e. The van der Waals surface area contributed by atoms with E-state index < -0.39 is 0 Å². The van der Waals surface area contributed by atoms with E-state index in [0.29, 0.717) is 24.9 Å². The van der Waals surface area contributed by atoms with Crippen molar-refractivity contribution in [3.8, 4) is 0 Å². The summed E-state index contributed by atoms with van der Waals surface area (Å²) in [6.07, 6.45) is 4.70. The van der Waals surface area contributed by atoms with E-state index in [9.17, 15) is 5.11 Å². The molecule has 6 heteroatoms. The third-order valence-electron chi connectivity index (χ3n) is 5.49. The molecule has 2 aliphatic rings. The number of aromatic nitrogens is 3. The summed E-state index contributed by atoms with van der Waals surface area (Å²) in [5, 5.41) is 15.8. The van der Waals surface area contributed by atoms with Gasteiger partial charge in [0.1, 0.15) is 0 Å². The van der Waals surface area contributed by atoms with Gasteiger partial charge in [-0.2, -0.15) is 4.98 Å². The van der Waals surface area contributed by atoms with E-state index in [0.717, 1.165) is 24.3 Å². The Morgan fingerprint density at radius 1 is 1.15 bits per heavy atom. The molecule has 1 aromatic carbocycles. The third kappa shape index (κ3) is 3.10. The fraction of sp³-hybridized carbons (Fsp3) is 0.450. The van der Waals surface area contributed by atoms with Crippen LogP contribution in [0.2, 0.25) is 0 Å². The highest BCUT2D eigenvalue weighted by Crippen LogP contribution is 2.38. The van der Waals surface area contributed by atoms with Crippen molar-refractivity contribution in [1.29, 1.82) is 0 Å². The van der Waals surface area contributed by atoms with E-state index in [1.54, 1.807) is 0 Å². The summed E-state index contributed by atoms with van der Waals surface area (Å²) in [6.45, 7) is 2.10. The second kappa shape index (κ2) is 6.45. The lowest BCUT2D eigenvalue weighted by Gasteiger charge is -2.15. The van der Waals surface area contributed by atoms with Crippen LogP contribution in [0.5, 0.6) is 0 Å². The zero-order valence-electron chi connectivity index (χ0n) is 14.6. The van der Waals surface area contributed by atoms with Crippen molar-refractivity contribution >= 4 is 10.9 Å². The number of hydrogen-bond donors (Lipinski definition) is 1. The molecule has 26 heavy (non-hydrogen) atoms. The summed E-state index contributed by atoms with van der Waals surface area (Å²) in [4.78, 5) is 11.1. The highest BCUT2D eigenvalue weighted by atomic mass is 16.5. The monoisotopic (exact) mass is 350 g/mol. The number of nitrogens with zero attached hydrogens (tertiary/aromatic N) is 4. The summed E-state index contributed by atoms with van der Waals surface area (Å²) in [6, 6.07) is 10.2. The fourth-order valence-electron chi connectivity index (χ4n) is 3.92. The number of β-amino-alcohol motifs (C(OH)–C–C–N with tert-alkyl or cyclic N) is 1. The Morgan fingerprint density at radius 3 is 2.92 bits per heavy atom. The molecule has 1 aliphatic heterocycles. The van der Waals surface area contributed by atoms with Crippen LogP contribution in [0.15, 0.2) is 41.1 Å². The molecule has 1 saturated heterocycles. The summed E-state index contributed by atoms with van der Waals surface area (Å²) >= 11 is 0. The molecule has 6 nitrogen and oxygen atoms in total. The average molecular weight is 350 g/mol. The fourth-order valence-corrected chi connectivity index (χ4v) is 3.92. The third-order valence-corrected chi connectivity index (χ3v) is 5.49. The van der Waals surface area contributed by atoms with Gasteiger partial charge in [-0.05, 0) is 37.0 Å². The second-order valence-corrected chi connectivity index (χ2v) is 7.53. The van der Waals surface area contributed by atoms with Gasteiger partial charge in [-0.15, -0.1) is 0 Å². The molecule has 0 radical (unpaired) electrons. The summed E-state index contributed by atoms with van der Waals surface area (Å²) < 4.78 is 5.38. The molecular weight excluding hydrogens is 328 g/mol. The van der Waals surface area contributed by atoms with Gasteiger partial charge in [-0.25, -0.2) is 0 Å². The van der Waals surface area contributed by atoms with Crippen LogP contribution in [0.4, 0.5) is 0 Å². The van der Waals surface area contributed by atoms with E-state index in [2.05, 4.69) is 32.2 Å². The largest absolute Gasteiger partial charge is 0.391 e. The van der Waals surface area contributed by atoms with Crippen LogP contribution in [0, 0.1) is 5.92 Å². The number of rotatable bonds is 5. The zero-order valence-corrected chi connectivity index (χ0v) is 14.6. The highest BCUT2D eigenvalue weighted by molar-refractivity contribution is 5.81. The number of pyridine rings is 1. The number of aliphatic hydroxyl groups excluding tert-OH is 1. The summed E-state index contributed by atoms with van der Waals surface area (Å²) in [5.41, 5.74) is 2.25. The van der Waals surface area contributed by atoms with E-state index in [1.165, 1.54) is 23.8 Å². The number of benzene rings is 1. The highest BCUT2D eigenvalue weighted by Gasteiger charge is 2.33. The lowest BCUT2D eigenvalue weighted by Crippen LogP contribution is -2.21.